The molecule has 3 nitrogen and oxygen atoms in total. The van der Waals surface area contributed by atoms with Gasteiger partial charge in [0.1, 0.15) is 0 Å². The molecule has 1 unspecified atom stereocenters. The molecule has 0 spiro atoms. The van der Waals surface area contributed by atoms with Crippen LogP contribution in [-0.4, -0.2) is 44.3 Å². The molecule has 1 aromatic carbocycles. The van der Waals surface area contributed by atoms with E-state index >= 15 is 0 Å². The van der Waals surface area contributed by atoms with Gasteiger partial charge in [-0.05, 0) is 17.7 Å². The zero-order valence-corrected chi connectivity index (χ0v) is 10.7. The second kappa shape index (κ2) is 6.36. The molecule has 17 heavy (non-hydrogen) atoms. The van der Waals surface area contributed by atoms with E-state index in [1.807, 2.05) is 18.2 Å². The topological polar surface area (TPSA) is 38.5 Å². The van der Waals surface area contributed by atoms with E-state index in [9.17, 15) is 0 Å². The van der Waals surface area contributed by atoms with Crippen molar-refractivity contribution in [2.75, 3.05) is 39.4 Å². The lowest BCUT2D eigenvalue weighted by Gasteiger charge is -2.30. The maximum absolute atomic E-state index is 6.01. The van der Waals surface area contributed by atoms with Gasteiger partial charge in [0.15, 0.2) is 0 Å². The lowest BCUT2D eigenvalue weighted by atomic mass is 9.98. The highest BCUT2D eigenvalue weighted by Crippen LogP contribution is 2.20. The van der Waals surface area contributed by atoms with Crippen LogP contribution in [0, 0.1) is 0 Å². The Morgan fingerprint density at radius 1 is 1.35 bits per heavy atom. The molecule has 1 saturated heterocycles. The van der Waals surface area contributed by atoms with Crippen LogP contribution in [0.4, 0.5) is 0 Å². The molecule has 0 aromatic heterocycles. The molecule has 94 valence electrons. The molecule has 1 aromatic rings. The van der Waals surface area contributed by atoms with Crippen molar-refractivity contribution in [2.45, 2.75) is 5.92 Å². The van der Waals surface area contributed by atoms with Gasteiger partial charge in [-0.3, -0.25) is 4.90 Å². The van der Waals surface area contributed by atoms with Crippen LogP contribution >= 0.6 is 11.6 Å². The molecule has 1 fully saturated rings. The highest BCUT2D eigenvalue weighted by molar-refractivity contribution is 6.30. The highest BCUT2D eigenvalue weighted by atomic mass is 35.5. The van der Waals surface area contributed by atoms with Crippen LogP contribution in [0.2, 0.25) is 5.02 Å². The summed E-state index contributed by atoms with van der Waals surface area (Å²) in [6, 6.07) is 8.00. The third-order valence-corrected chi connectivity index (χ3v) is 3.42. The van der Waals surface area contributed by atoms with Crippen LogP contribution in [0.5, 0.6) is 0 Å². The number of hydrogen-bond acceptors (Lipinski definition) is 3. The summed E-state index contributed by atoms with van der Waals surface area (Å²) in [7, 11) is 0. The van der Waals surface area contributed by atoms with Crippen LogP contribution in [-0.2, 0) is 4.74 Å². The molecule has 4 heteroatoms. The molecule has 1 aliphatic rings. The smallest absolute Gasteiger partial charge is 0.0594 e. The molecule has 1 aliphatic heterocycles. The van der Waals surface area contributed by atoms with Gasteiger partial charge in [0, 0.05) is 37.1 Å². The summed E-state index contributed by atoms with van der Waals surface area (Å²) in [5.74, 6) is 0.354. The van der Waals surface area contributed by atoms with Crippen molar-refractivity contribution in [3.8, 4) is 0 Å². The first-order chi connectivity index (χ1) is 8.29. The van der Waals surface area contributed by atoms with Crippen LogP contribution < -0.4 is 5.73 Å². The Morgan fingerprint density at radius 2 is 2.12 bits per heavy atom. The third kappa shape index (κ3) is 3.68. The standard InChI is InChI=1S/C13H19ClN2O/c14-13-3-1-2-11(8-13)12(9-15)10-16-4-6-17-7-5-16/h1-3,8,12H,4-7,9-10,15H2. The zero-order chi connectivity index (χ0) is 12.1. The van der Waals surface area contributed by atoms with E-state index in [1.165, 1.54) is 5.56 Å². The minimum atomic E-state index is 0.354. The number of rotatable bonds is 4. The molecule has 0 saturated carbocycles. The monoisotopic (exact) mass is 254 g/mol. The predicted molar refractivity (Wildman–Crippen MR) is 70.5 cm³/mol. The summed E-state index contributed by atoms with van der Waals surface area (Å²) >= 11 is 6.01. The molecular weight excluding hydrogens is 236 g/mol. The van der Waals surface area contributed by atoms with Gasteiger partial charge >= 0.3 is 0 Å². The minimum absolute atomic E-state index is 0.354. The first-order valence-corrected chi connectivity index (χ1v) is 6.43. The fourth-order valence-corrected chi connectivity index (χ4v) is 2.37. The number of nitrogens with zero attached hydrogens (tertiary/aromatic N) is 1. The lowest BCUT2D eigenvalue weighted by Crippen LogP contribution is -2.40. The summed E-state index contributed by atoms with van der Waals surface area (Å²) < 4.78 is 5.35. The Labute approximate surface area is 107 Å². The second-order valence-corrected chi connectivity index (χ2v) is 4.84. The Morgan fingerprint density at radius 3 is 2.76 bits per heavy atom. The largest absolute Gasteiger partial charge is 0.379 e. The molecular formula is C13H19ClN2O. The number of morpholine rings is 1. The average molecular weight is 255 g/mol. The van der Waals surface area contributed by atoms with E-state index in [0.717, 1.165) is 37.9 Å². The first kappa shape index (κ1) is 12.8. The fourth-order valence-electron chi connectivity index (χ4n) is 2.17. The van der Waals surface area contributed by atoms with Gasteiger partial charge in [0.2, 0.25) is 0 Å². The molecule has 0 radical (unpaired) electrons. The maximum Gasteiger partial charge on any atom is 0.0594 e. The van der Waals surface area contributed by atoms with Crippen LogP contribution in [0.3, 0.4) is 0 Å². The fraction of sp³-hybridized carbons (Fsp3) is 0.538. The molecule has 1 heterocycles. The lowest BCUT2D eigenvalue weighted by molar-refractivity contribution is 0.0353. The van der Waals surface area contributed by atoms with E-state index in [4.69, 9.17) is 22.1 Å². The van der Waals surface area contributed by atoms with Crippen molar-refractivity contribution < 1.29 is 4.74 Å². The van der Waals surface area contributed by atoms with E-state index in [0.29, 0.717) is 12.5 Å². The summed E-state index contributed by atoms with van der Waals surface area (Å²) in [6.07, 6.45) is 0. The molecule has 0 bridgehead atoms. The van der Waals surface area contributed by atoms with E-state index in [1.54, 1.807) is 0 Å². The second-order valence-electron chi connectivity index (χ2n) is 4.40. The maximum atomic E-state index is 6.01. The van der Waals surface area contributed by atoms with Gasteiger partial charge in [-0.1, -0.05) is 23.7 Å². The zero-order valence-electron chi connectivity index (χ0n) is 9.94. The predicted octanol–water partition coefficient (Wildman–Crippen LogP) is 1.71. The van der Waals surface area contributed by atoms with Gasteiger partial charge in [-0.15, -0.1) is 0 Å². The molecule has 0 amide bonds. The van der Waals surface area contributed by atoms with Gasteiger partial charge in [-0.25, -0.2) is 0 Å². The van der Waals surface area contributed by atoms with Crippen molar-refractivity contribution in [3.63, 3.8) is 0 Å². The summed E-state index contributed by atoms with van der Waals surface area (Å²) in [5, 5.41) is 0.780. The number of benzene rings is 1. The Hall–Kier alpha value is -0.610. The normalized spacial score (nSPS) is 19.2. The number of hydrogen-bond donors (Lipinski definition) is 1. The molecule has 2 rings (SSSR count). The minimum Gasteiger partial charge on any atom is -0.379 e. The van der Waals surface area contributed by atoms with Crippen molar-refractivity contribution in [1.82, 2.24) is 4.90 Å². The Balaban J connectivity index is 2.00. The van der Waals surface area contributed by atoms with E-state index in [-0.39, 0.29) is 0 Å². The Kier molecular flexibility index (Phi) is 4.80. The first-order valence-electron chi connectivity index (χ1n) is 6.05. The highest BCUT2D eigenvalue weighted by Gasteiger charge is 2.17. The Bertz CT molecular complexity index is 353. The van der Waals surface area contributed by atoms with Crippen molar-refractivity contribution in [3.05, 3.63) is 34.9 Å². The summed E-state index contributed by atoms with van der Waals surface area (Å²) in [5.41, 5.74) is 7.10. The van der Waals surface area contributed by atoms with Crippen molar-refractivity contribution in [2.24, 2.45) is 5.73 Å². The molecule has 2 N–H and O–H groups in total. The van der Waals surface area contributed by atoms with Crippen molar-refractivity contribution >= 4 is 11.6 Å². The van der Waals surface area contributed by atoms with Crippen LogP contribution in [0.25, 0.3) is 0 Å². The van der Waals surface area contributed by atoms with Gasteiger partial charge in [0.25, 0.3) is 0 Å². The summed E-state index contributed by atoms with van der Waals surface area (Å²) in [6.45, 7) is 5.28. The van der Waals surface area contributed by atoms with Crippen LogP contribution in [0.15, 0.2) is 24.3 Å². The quantitative estimate of drug-likeness (QED) is 0.889. The van der Waals surface area contributed by atoms with E-state index in [2.05, 4.69) is 11.0 Å². The number of halogens is 1. The van der Waals surface area contributed by atoms with Gasteiger partial charge in [0.05, 0.1) is 13.2 Å². The SMILES string of the molecule is NCC(CN1CCOCC1)c1cccc(Cl)c1. The van der Waals surface area contributed by atoms with Crippen molar-refractivity contribution in [1.29, 1.82) is 0 Å². The number of ether oxygens (including phenoxy) is 1. The molecule has 1 atom stereocenters. The summed E-state index contributed by atoms with van der Waals surface area (Å²) in [4.78, 5) is 2.40. The molecule has 0 aliphatic carbocycles. The number of nitrogens with two attached hydrogens (primary N) is 1. The van der Waals surface area contributed by atoms with Gasteiger partial charge < -0.3 is 10.5 Å². The van der Waals surface area contributed by atoms with Gasteiger partial charge in [-0.2, -0.15) is 0 Å². The average Bonchev–Trinajstić information content (AvgIpc) is 2.37. The third-order valence-electron chi connectivity index (χ3n) is 3.19. The van der Waals surface area contributed by atoms with Crippen LogP contribution in [0.1, 0.15) is 11.5 Å². The van der Waals surface area contributed by atoms with E-state index < -0.39 is 0 Å².